The van der Waals surface area contributed by atoms with Crippen molar-refractivity contribution in [2.45, 2.75) is 11.3 Å². The van der Waals surface area contributed by atoms with E-state index in [1.54, 1.807) is 31.2 Å². The monoisotopic (exact) mass is 296 g/mol. The summed E-state index contributed by atoms with van der Waals surface area (Å²) >= 11 is 0. The Balaban J connectivity index is 2.04. The van der Waals surface area contributed by atoms with E-state index in [1.165, 1.54) is 12.4 Å². The molecule has 0 saturated carbocycles. The van der Waals surface area contributed by atoms with Gasteiger partial charge in [-0.3, -0.25) is 9.67 Å². The first-order valence-corrected chi connectivity index (χ1v) is 7.47. The molecule has 2 aromatic heterocycles. The maximum Gasteiger partial charge on any atom is 0.244 e. The molecule has 0 aliphatic carbocycles. The van der Waals surface area contributed by atoms with E-state index in [0.29, 0.717) is 17.9 Å². The third kappa shape index (κ3) is 3.31. The Labute approximate surface area is 117 Å². The second-order valence-corrected chi connectivity index (χ2v) is 5.84. The number of hydrogen-bond acceptors (Lipinski definition) is 6. The molecule has 108 valence electrons. The largest absolute Gasteiger partial charge is 0.387 e. The van der Waals surface area contributed by atoms with Gasteiger partial charge in [0.2, 0.25) is 10.0 Å². The molecule has 0 saturated heterocycles. The Hall–Kier alpha value is -2.00. The molecule has 0 fully saturated rings. The van der Waals surface area contributed by atoms with Gasteiger partial charge in [0.1, 0.15) is 11.2 Å². The van der Waals surface area contributed by atoms with Crippen LogP contribution >= 0.6 is 0 Å². The van der Waals surface area contributed by atoms with Gasteiger partial charge in [0.25, 0.3) is 0 Å². The lowest BCUT2D eigenvalue weighted by atomic mass is 10.4. The van der Waals surface area contributed by atoms with Crippen molar-refractivity contribution in [3.05, 3.63) is 30.6 Å². The summed E-state index contributed by atoms with van der Waals surface area (Å²) in [5.74, 6) is 0.593. The molecule has 2 rings (SSSR count). The van der Waals surface area contributed by atoms with Crippen molar-refractivity contribution >= 4 is 15.7 Å². The first kappa shape index (κ1) is 14.4. The Morgan fingerprint density at radius 3 is 2.85 bits per heavy atom. The third-order valence-electron chi connectivity index (χ3n) is 2.63. The zero-order chi connectivity index (χ0) is 14.6. The zero-order valence-corrected chi connectivity index (χ0v) is 12.1. The lowest BCUT2D eigenvalue weighted by Gasteiger charge is -2.09. The van der Waals surface area contributed by atoms with E-state index in [9.17, 15) is 8.42 Å². The fourth-order valence-corrected chi connectivity index (χ4v) is 2.86. The minimum absolute atomic E-state index is 0.122. The first-order chi connectivity index (χ1) is 9.53. The van der Waals surface area contributed by atoms with Gasteiger partial charge in [-0.15, -0.1) is 0 Å². The number of sulfonamides is 1. The highest BCUT2D eigenvalue weighted by atomic mass is 32.2. The van der Waals surface area contributed by atoms with Gasteiger partial charge in [0, 0.05) is 39.5 Å². The van der Waals surface area contributed by atoms with Gasteiger partial charge in [0.15, 0.2) is 5.82 Å². The molecule has 0 atom stereocenters. The second kappa shape index (κ2) is 5.97. The summed E-state index contributed by atoms with van der Waals surface area (Å²) in [4.78, 5) is 8.00. The Bertz CT molecular complexity index is 682. The van der Waals surface area contributed by atoms with Gasteiger partial charge in [-0.05, 0) is 6.07 Å². The molecule has 0 aromatic carbocycles. The summed E-state index contributed by atoms with van der Waals surface area (Å²) in [5.41, 5.74) is 0.503. The van der Waals surface area contributed by atoms with Gasteiger partial charge in [0.05, 0.1) is 5.69 Å². The van der Waals surface area contributed by atoms with E-state index < -0.39 is 10.0 Å². The summed E-state index contributed by atoms with van der Waals surface area (Å²) in [5, 5.41) is 6.91. The standard InChI is InChI=1S/C11H16N6O2S/c1-12-9-3-5-13-7-10(9)20(18,19)15-6-4-11-14-8-17(2)16-11/h3,5,7-8,15H,4,6H2,1-2H3,(H,12,13). The topological polar surface area (TPSA) is 102 Å². The molecule has 9 heteroatoms. The van der Waals surface area contributed by atoms with Gasteiger partial charge in [-0.25, -0.2) is 18.1 Å². The van der Waals surface area contributed by atoms with Gasteiger partial charge >= 0.3 is 0 Å². The van der Waals surface area contributed by atoms with Crippen LogP contribution in [0.15, 0.2) is 29.7 Å². The minimum atomic E-state index is -3.60. The maximum absolute atomic E-state index is 12.2. The summed E-state index contributed by atoms with van der Waals surface area (Å²) in [7, 11) is -0.185. The number of pyridine rings is 1. The highest BCUT2D eigenvalue weighted by Crippen LogP contribution is 2.18. The Morgan fingerprint density at radius 1 is 1.40 bits per heavy atom. The van der Waals surface area contributed by atoms with Crippen molar-refractivity contribution in [3.8, 4) is 0 Å². The zero-order valence-electron chi connectivity index (χ0n) is 11.2. The fraction of sp³-hybridized carbons (Fsp3) is 0.364. The molecule has 0 amide bonds. The lowest BCUT2D eigenvalue weighted by molar-refractivity contribution is 0.580. The minimum Gasteiger partial charge on any atom is -0.387 e. The molecule has 2 N–H and O–H groups in total. The summed E-state index contributed by atoms with van der Waals surface area (Å²) in [6.07, 6.45) is 4.84. The number of nitrogens with one attached hydrogen (secondary N) is 2. The summed E-state index contributed by atoms with van der Waals surface area (Å²) in [6, 6.07) is 1.61. The van der Waals surface area contributed by atoms with Crippen molar-refractivity contribution in [2.24, 2.45) is 7.05 Å². The highest BCUT2D eigenvalue weighted by molar-refractivity contribution is 7.89. The quantitative estimate of drug-likeness (QED) is 0.763. The van der Waals surface area contributed by atoms with Crippen LogP contribution in [0.2, 0.25) is 0 Å². The van der Waals surface area contributed by atoms with E-state index in [-0.39, 0.29) is 11.4 Å². The maximum atomic E-state index is 12.2. The van der Waals surface area contributed by atoms with Crippen LogP contribution < -0.4 is 10.0 Å². The third-order valence-corrected chi connectivity index (χ3v) is 4.12. The van der Waals surface area contributed by atoms with Crippen molar-refractivity contribution in [1.29, 1.82) is 0 Å². The fourth-order valence-electron chi connectivity index (χ4n) is 1.67. The molecule has 0 aliphatic rings. The number of hydrogen-bond donors (Lipinski definition) is 2. The van der Waals surface area contributed by atoms with E-state index in [2.05, 4.69) is 25.1 Å². The number of anilines is 1. The van der Waals surface area contributed by atoms with Gasteiger partial charge in [-0.2, -0.15) is 5.10 Å². The second-order valence-electron chi connectivity index (χ2n) is 4.10. The average molecular weight is 296 g/mol. The number of aryl methyl sites for hydroxylation is 1. The molecule has 0 unspecified atom stereocenters. The van der Waals surface area contributed by atoms with E-state index in [1.807, 2.05) is 0 Å². The number of rotatable bonds is 6. The normalized spacial score (nSPS) is 11.5. The van der Waals surface area contributed by atoms with Crippen molar-refractivity contribution in [2.75, 3.05) is 18.9 Å². The molecular weight excluding hydrogens is 280 g/mol. The average Bonchev–Trinajstić information content (AvgIpc) is 2.84. The van der Waals surface area contributed by atoms with Crippen molar-refractivity contribution in [1.82, 2.24) is 24.5 Å². The molecule has 2 aromatic rings. The highest BCUT2D eigenvalue weighted by Gasteiger charge is 2.17. The molecule has 0 aliphatic heterocycles. The van der Waals surface area contributed by atoms with Crippen molar-refractivity contribution in [3.63, 3.8) is 0 Å². The van der Waals surface area contributed by atoms with Crippen molar-refractivity contribution < 1.29 is 8.42 Å². The molecule has 20 heavy (non-hydrogen) atoms. The van der Waals surface area contributed by atoms with Gasteiger partial charge in [-0.1, -0.05) is 0 Å². The number of aromatic nitrogens is 4. The smallest absolute Gasteiger partial charge is 0.244 e. The molecule has 2 heterocycles. The Morgan fingerprint density at radius 2 is 2.20 bits per heavy atom. The van der Waals surface area contributed by atoms with Crippen LogP contribution in [0.3, 0.4) is 0 Å². The van der Waals surface area contributed by atoms with E-state index >= 15 is 0 Å². The van der Waals surface area contributed by atoms with Crippen LogP contribution in [0.25, 0.3) is 0 Å². The predicted octanol–water partition coefficient (Wildman–Crippen LogP) is -0.227. The first-order valence-electron chi connectivity index (χ1n) is 5.99. The summed E-state index contributed by atoms with van der Waals surface area (Å²) < 4.78 is 28.4. The van der Waals surface area contributed by atoms with Crippen LogP contribution in [0.4, 0.5) is 5.69 Å². The SMILES string of the molecule is CNc1ccncc1S(=O)(=O)NCCc1ncn(C)n1. The van der Waals surface area contributed by atoms with Crippen LogP contribution in [0, 0.1) is 0 Å². The predicted molar refractivity (Wildman–Crippen MR) is 73.7 cm³/mol. The number of nitrogens with zero attached hydrogens (tertiary/aromatic N) is 4. The molecule has 0 bridgehead atoms. The lowest BCUT2D eigenvalue weighted by Crippen LogP contribution is -2.27. The molecule has 0 spiro atoms. The van der Waals surface area contributed by atoms with Crippen LogP contribution in [0.1, 0.15) is 5.82 Å². The van der Waals surface area contributed by atoms with E-state index in [0.717, 1.165) is 0 Å². The van der Waals surface area contributed by atoms with Crippen LogP contribution in [0.5, 0.6) is 0 Å². The molecule has 0 radical (unpaired) electrons. The Kier molecular flexibility index (Phi) is 4.30. The van der Waals surface area contributed by atoms with Crippen LogP contribution in [-0.2, 0) is 23.5 Å². The molecule has 8 nitrogen and oxygen atoms in total. The summed E-state index contributed by atoms with van der Waals surface area (Å²) in [6.45, 7) is 0.227. The molecular formula is C11H16N6O2S. The van der Waals surface area contributed by atoms with Crippen LogP contribution in [-0.4, -0.2) is 41.8 Å². The van der Waals surface area contributed by atoms with Gasteiger partial charge < -0.3 is 5.32 Å². The van der Waals surface area contributed by atoms with E-state index in [4.69, 9.17) is 0 Å².